The van der Waals surface area contributed by atoms with E-state index in [1.165, 1.54) is 0 Å². The van der Waals surface area contributed by atoms with Crippen molar-refractivity contribution in [1.29, 1.82) is 0 Å². The van der Waals surface area contributed by atoms with Crippen molar-refractivity contribution in [2.24, 2.45) is 7.05 Å². The number of rotatable bonds is 3. The molecule has 2 N–H and O–H groups in total. The Kier molecular flexibility index (Phi) is 3.17. The van der Waals surface area contributed by atoms with E-state index in [-0.39, 0.29) is 6.10 Å². The van der Waals surface area contributed by atoms with Crippen molar-refractivity contribution < 1.29 is 4.74 Å². The Bertz CT molecular complexity index is 531. The van der Waals surface area contributed by atoms with Crippen molar-refractivity contribution >= 4 is 17.0 Å². The molecule has 1 aliphatic rings. The molecule has 0 amide bonds. The van der Waals surface area contributed by atoms with Crippen LogP contribution in [0.15, 0.2) is 24.3 Å². The van der Waals surface area contributed by atoms with Crippen LogP contribution in [0.2, 0.25) is 0 Å². The Hall–Kier alpha value is -1.59. The Labute approximate surface area is 106 Å². The number of ether oxygens (including phenoxy) is 1. The lowest BCUT2D eigenvalue weighted by Crippen LogP contribution is -2.42. The Morgan fingerprint density at radius 2 is 2.39 bits per heavy atom. The number of para-hydroxylation sites is 2. The van der Waals surface area contributed by atoms with E-state index in [1.807, 2.05) is 25.2 Å². The minimum atomic E-state index is 0.221. The number of anilines is 1. The van der Waals surface area contributed by atoms with E-state index in [0.29, 0.717) is 0 Å². The summed E-state index contributed by atoms with van der Waals surface area (Å²) < 4.78 is 7.73. The molecule has 1 aliphatic heterocycles. The smallest absolute Gasteiger partial charge is 0.203 e. The molecule has 2 aromatic rings. The maximum absolute atomic E-state index is 5.65. The van der Waals surface area contributed by atoms with E-state index in [2.05, 4.69) is 26.3 Å². The molecule has 5 heteroatoms. The molecule has 1 aromatic carbocycles. The first-order valence-corrected chi connectivity index (χ1v) is 6.32. The van der Waals surface area contributed by atoms with Gasteiger partial charge in [-0.25, -0.2) is 4.98 Å². The molecule has 5 nitrogen and oxygen atoms in total. The summed E-state index contributed by atoms with van der Waals surface area (Å²) in [6, 6.07) is 8.14. The molecule has 0 aliphatic carbocycles. The first kappa shape index (κ1) is 11.5. The van der Waals surface area contributed by atoms with Gasteiger partial charge in [0.1, 0.15) is 0 Å². The Balaban J connectivity index is 1.72. The zero-order chi connectivity index (χ0) is 12.4. The first-order chi connectivity index (χ1) is 8.84. The number of aryl methyl sites for hydroxylation is 1. The van der Waals surface area contributed by atoms with Crippen LogP contribution in [0.25, 0.3) is 11.0 Å². The molecule has 1 unspecified atom stereocenters. The summed E-state index contributed by atoms with van der Waals surface area (Å²) in [5, 5.41) is 6.68. The van der Waals surface area contributed by atoms with Gasteiger partial charge in [-0.2, -0.15) is 0 Å². The summed E-state index contributed by atoms with van der Waals surface area (Å²) in [7, 11) is 2.03. The maximum atomic E-state index is 5.65. The summed E-state index contributed by atoms with van der Waals surface area (Å²) in [5.74, 6) is 0.894. The van der Waals surface area contributed by atoms with Gasteiger partial charge < -0.3 is 19.9 Å². The molecule has 2 heterocycles. The minimum Gasteiger partial charge on any atom is -0.374 e. The fraction of sp³-hybridized carbons (Fsp3) is 0.462. The fourth-order valence-corrected chi connectivity index (χ4v) is 2.26. The van der Waals surface area contributed by atoms with E-state index in [9.17, 15) is 0 Å². The van der Waals surface area contributed by atoms with E-state index in [4.69, 9.17) is 4.74 Å². The first-order valence-electron chi connectivity index (χ1n) is 6.32. The Morgan fingerprint density at radius 1 is 1.50 bits per heavy atom. The molecule has 0 spiro atoms. The summed E-state index contributed by atoms with van der Waals surface area (Å²) in [5.41, 5.74) is 2.16. The predicted octanol–water partition coefficient (Wildman–Crippen LogP) is 0.974. The van der Waals surface area contributed by atoms with Crippen molar-refractivity contribution in [3.8, 4) is 0 Å². The second-order valence-electron chi connectivity index (χ2n) is 4.56. The SMILES string of the molecule is Cn1c(NCC2CNCCO2)nc2ccccc21. The molecule has 1 saturated heterocycles. The van der Waals surface area contributed by atoms with E-state index < -0.39 is 0 Å². The monoisotopic (exact) mass is 246 g/mol. The normalized spacial score (nSPS) is 20.2. The zero-order valence-electron chi connectivity index (χ0n) is 10.5. The summed E-state index contributed by atoms with van der Waals surface area (Å²) >= 11 is 0. The van der Waals surface area contributed by atoms with Crippen molar-refractivity contribution in [1.82, 2.24) is 14.9 Å². The largest absolute Gasteiger partial charge is 0.374 e. The molecule has 1 atom stereocenters. The lowest BCUT2D eigenvalue weighted by Gasteiger charge is -2.23. The quantitative estimate of drug-likeness (QED) is 0.847. The summed E-state index contributed by atoms with van der Waals surface area (Å²) in [4.78, 5) is 4.57. The van der Waals surface area contributed by atoms with Crippen LogP contribution in [-0.2, 0) is 11.8 Å². The highest BCUT2D eigenvalue weighted by Crippen LogP contribution is 2.17. The lowest BCUT2D eigenvalue weighted by atomic mass is 10.3. The standard InChI is InChI=1S/C13H18N4O/c1-17-12-5-3-2-4-11(12)16-13(17)15-9-10-8-14-6-7-18-10/h2-5,10,14H,6-9H2,1H3,(H,15,16). The number of fused-ring (bicyclic) bond motifs is 1. The zero-order valence-corrected chi connectivity index (χ0v) is 10.5. The van der Waals surface area contributed by atoms with Crippen molar-refractivity contribution in [2.45, 2.75) is 6.10 Å². The van der Waals surface area contributed by atoms with Gasteiger partial charge in [-0.15, -0.1) is 0 Å². The molecule has 96 valence electrons. The van der Waals surface area contributed by atoms with Crippen molar-refractivity contribution in [3.05, 3.63) is 24.3 Å². The topological polar surface area (TPSA) is 51.1 Å². The van der Waals surface area contributed by atoms with Gasteiger partial charge in [0.2, 0.25) is 5.95 Å². The molecular formula is C13H18N4O. The van der Waals surface area contributed by atoms with Crippen LogP contribution in [0.4, 0.5) is 5.95 Å². The molecule has 0 saturated carbocycles. The van der Waals surface area contributed by atoms with Crippen molar-refractivity contribution in [3.63, 3.8) is 0 Å². The maximum Gasteiger partial charge on any atom is 0.203 e. The van der Waals surface area contributed by atoms with Gasteiger partial charge in [-0.3, -0.25) is 0 Å². The second kappa shape index (κ2) is 4.96. The lowest BCUT2D eigenvalue weighted by molar-refractivity contribution is 0.0371. The number of benzene rings is 1. The van der Waals surface area contributed by atoms with Crippen LogP contribution in [-0.4, -0.2) is 41.9 Å². The molecular weight excluding hydrogens is 228 g/mol. The van der Waals surface area contributed by atoms with Gasteiger partial charge >= 0.3 is 0 Å². The third-order valence-corrected chi connectivity index (χ3v) is 3.28. The van der Waals surface area contributed by atoms with E-state index in [1.54, 1.807) is 0 Å². The molecule has 18 heavy (non-hydrogen) atoms. The van der Waals surface area contributed by atoms with Gasteiger partial charge in [0.15, 0.2) is 0 Å². The highest BCUT2D eigenvalue weighted by Gasteiger charge is 2.14. The second-order valence-corrected chi connectivity index (χ2v) is 4.56. The third-order valence-electron chi connectivity index (χ3n) is 3.28. The number of morpholine rings is 1. The molecule has 1 fully saturated rings. The van der Waals surface area contributed by atoms with E-state index >= 15 is 0 Å². The van der Waals surface area contributed by atoms with Crippen LogP contribution < -0.4 is 10.6 Å². The number of hydrogen-bond acceptors (Lipinski definition) is 4. The summed E-state index contributed by atoms with van der Waals surface area (Å²) in [6.07, 6.45) is 0.221. The molecule has 0 bridgehead atoms. The van der Waals surface area contributed by atoms with Crippen molar-refractivity contribution in [2.75, 3.05) is 31.6 Å². The number of nitrogens with zero attached hydrogens (tertiary/aromatic N) is 2. The molecule has 1 aromatic heterocycles. The van der Waals surface area contributed by atoms with Gasteiger partial charge in [-0.1, -0.05) is 12.1 Å². The van der Waals surface area contributed by atoms with Gasteiger partial charge in [-0.05, 0) is 12.1 Å². The van der Waals surface area contributed by atoms with Crippen LogP contribution in [0, 0.1) is 0 Å². The van der Waals surface area contributed by atoms with Crippen LogP contribution in [0.5, 0.6) is 0 Å². The van der Waals surface area contributed by atoms with Gasteiger partial charge in [0.05, 0.1) is 23.7 Å². The average Bonchev–Trinajstić information content (AvgIpc) is 2.75. The predicted molar refractivity (Wildman–Crippen MR) is 71.8 cm³/mol. The number of aromatic nitrogens is 2. The van der Waals surface area contributed by atoms with Gasteiger partial charge in [0, 0.05) is 26.7 Å². The number of hydrogen-bond donors (Lipinski definition) is 2. The van der Waals surface area contributed by atoms with E-state index in [0.717, 1.165) is 43.2 Å². The highest BCUT2D eigenvalue weighted by atomic mass is 16.5. The Morgan fingerprint density at radius 3 is 3.17 bits per heavy atom. The van der Waals surface area contributed by atoms with Crippen LogP contribution >= 0.6 is 0 Å². The van der Waals surface area contributed by atoms with Gasteiger partial charge in [0.25, 0.3) is 0 Å². The van der Waals surface area contributed by atoms with Crippen LogP contribution in [0.1, 0.15) is 0 Å². The minimum absolute atomic E-state index is 0.221. The highest BCUT2D eigenvalue weighted by molar-refractivity contribution is 5.78. The molecule has 0 radical (unpaired) electrons. The fourth-order valence-electron chi connectivity index (χ4n) is 2.26. The number of nitrogens with one attached hydrogen (secondary N) is 2. The van der Waals surface area contributed by atoms with Crippen LogP contribution in [0.3, 0.4) is 0 Å². The third kappa shape index (κ3) is 2.19. The number of imidazole rings is 1. The average molecular weight is 246 g/mol. The molecule has 3 rings (SSSR count). The summed E-state index contributed by atoms with van der Waals surface area (Å²) in [6.45, 7) is 3.42.